The van der Waals surface area contributed by atoms with Gasteiger partial charge in [-0.15, -0.1) is 0 Å². The topological polar surface area (TPSA) is 451 Å². The summed E-state index contributed by atoms with van der Waals surface area (Å²) >= 11 is 0. The lowest BCUT2D eigenvalue weighted by molar-refractivity contribution is -0.144. The Morgan fingerprint density at radius 2 is 0.850 bits per heavy atom. The van der Waals surface area contributed by atoms with Gasteiger partial charge < -0.3 is 66.4 Å². The highest BCUT2D eigenvalue weighted by atomic mass is 31.2. The molecule has 0 heterocycles. The third-order valence-electron chi connectivity index (χ3n) is 10.6. The highest BCUT2D eigenvalue weighted by molar-refractivity contribution is 7.58. The lowest BCUT2D eigenvalue weighted by atomic mass is 9.85. The van der Waals surface area contributed by atoms with Gasteiger partial charge in [0.2, 0.25) is 14.7 Å². The molecule has 1 aromatic carbocycles. The van der Waals surface area contributed by atoms with Crippen LogP contribution in [-0.4, -0.2) is 152 Å². The van der Waals surface area contributed by atoms with Gasteiger partial charge in [0.05, 0.1) is 23.3 Å². The first-order chi connectivity index (χ1) is 35.8. The third kappa shape index (κ3) is 49.2. The number of aliphatic carboxylic acids is 8. The first-order valence-corrected chi connectivity index (χ1v) is 29.7. The molecular formula is C53H92N2O23P2. The summed E-state index contributed by atoms with van der Waals surface area (Å²) in [6.07, 6.45) is 0.598. The van der Waals surface area contributed by atoms with Crippen LogP contribution < -0.4 is 10.6 Å². The average molecular weight is 1190 g/mol. The van der Waals surface area contributed by atoms with E-state index in [4.69, 9.17) is 35.7 Å². The molecule has 0 bridgehead atoms. The molecule has 0 aliphatic heterocycles. The Morgan fingerprint density at radius 1 is 0.475 bits per heavy atom. The number of rotatable bonds is 28. The molecule has 1 aromatic rings. The summed E-state index contributed by atoms with van der Waals surface area (Å²) in [6, 6.07) is 2.14. The normalized spacial score (nSPS) is 14.7. The van der Waals surface area contributed by atoms with Crippen molar-refractivity contribution < 1.29 is 113 Å². The fourth-order valence-corrected chi connectivity index (χ4v) is 10.4. The number of benzene rings is 1. The van der Waals surface area contributed by atoms with Gasteiger partial charge in [0, 0.05) is 43.9 Å². The number of urea groups is 1. The van der Waals surface area contributed by atoms with Crippen LogP contribution in [-0.2, 0) is 47.5 Å². The zero-order valence-corrected chi connectivity index (χ0v) is 50.6. The Kier molecular flexibility index (Phi) is 37.4. The molecule has 1 rings (SSSR count). The Hall–Kier alpha value is -5.90. The van der Waals surface area contributed by atoms with Crippen LogP contribution in [0.4, 0.5) is 4.79 Å². The molecule has 5 unspecified atom stereocenters. The van der Waals surface area contributed by atoms with Crippen LogP contribution >= 0.6 is 14.7 Å². The Balaban J connectivity index is -0.000000472. The van der Waals surface area contributed by atoms with Gasteiger partial charge in [0.25, 0.3) is 0 Å². The number of nitrogens with one attached hydrogen (secondary N) is 2. The quantitative estimate of drug-likeness (QED) is 0.0348. The van der Waals surface area contributed by atoms with E-state index >= 15 is 0 Å². The molecule has 80 heavy (non-hydrogen) atoms. The number of hydrogen-bond acceptors (Lipinski definition) is 12. The number of carbonyl (C=O) groups excluding carboxylic acids is 1. The minimum atomic E-state index is -3.69. The first kappa shape index (κ1) is 80.6. The van der Waals surface area contributed by atoms with Crippen molar-refractivity contribution in [2.45, 2.75) is 179 Å². The van der Waals surface area contributed by atoms with E-state index in [1.807, 2.05) is 72.9 Å². The van der Waals surface area contributed by atoms with E-state index in [1.54, 1.807) is 0 Å². The van der Waals surface area contributed by atoms with Gasteiger partial charge in [-0.05, 0) is 85.2 Å². The molecule has 0 saturated carbocycles. The number of carboxylic acid groups (broad SMARTS) is 9. The molecule has 0 aliphatic rings. The molecule has 13 N–H and O–H groups in total. The molecular weight excluding hydrogens is 1090 g/mol. The van der Waals surface area contributed by atoms with Gasteiger partial charge in [0.15, 0.2) is 0 Å². The van der Waals surface area contributed by atoms with Crippen molar-refractivity contribution >= 4 is 74.5 Å². The summed E-state index contributed by atoms with van der Waals surface area (Å²) in [5.41, 5.74) is 0.249. The van der Waals surface area contributed by atoms with E-state index in [0.29, 0.717) is 24.7 Å². The van der Waals surface area contributed by atoms with Crippen molar-refractivity contribution in [2.24, 2.45) is 33.5 Å². The standard InChI is InChI=1S/C16H23O6P.C12H23O6P.C11H20O4.C9H14N2O7.C5H12/c1-16(2,3)8-9-23(21,22)10-13(15(19)20)11-6-4-5-7-12(11)14(17)18;1-12(2,3)6-7-19(17,18)8-9(11(15)16)4-5-10(13)14;1-11(2,3)7-6-8(10(14)15)4-5-9(12)13;1-4(7(14)15)10-9(18)11-5(8(16)17)2-3-6(12)13;1-5(2,3)4/h4-7,13H,8-10H2,1-3H3,(H,17,18)(H,19,20)(H,21,22);9H,4-8H2,1-3H3,(H,13,14)(H,15,16)(H,17,18);8H,4-7H2,1-3H3,(H,12,13)(H,14,15);4-5H,2-3H2,1H3,(H,12,13)(H,14,15)(H,16,17)(H2,10,11,18);1-4H3/t;;;4-,5-;/m...0./s1. The summed E-state index contributed by atoms with van der Waals surface area (Å²) in [6.45, 7) is 27.7. The Labute approximate surface area is 469 Å². The Bertz CT molecular complexity index is 2270. The first-order valence-electron chi connectivity index (χ1n) is 25.6. The zero-order valence-electron chi connectivity index (χ0n) is 48.8. The molecule has 25 nitrogen and oxygen atoms in total. The van der Waals surface area contributed by atoms with Crippen LogP contribution in [0.3, 0.4) is 0 Å². The highest BCUT2D eigenvalue weighted by Crippen LogP contribution is 2.48. The molecule has 27 heteroatoms. The maximum Gasteiger partial charge on any atom is 0.335 e. The molecule has 7 atom stereocenters. The summed E-state index contributed by atoms with van der Waals surface area (Å²) in [7, 11) is -7.22. The van der Waals surface area contributed by atoms with Crippen molar-refractivity contribution in [3.8, 4) is 0 Å². The second-order valence-corrected chi connectivity index (χ2v) is 29.5. The summed E-state index contributed by atoms with van der Waals surface area (Å²) in [5, 5.41) is 83.0. The van der Waals surface area contributed by atoms with E-state index in [0.717, 1.165) is 6.42 Å². The maximum absolute atomic E-state index is 12.4. The minimum Gasteiger partial charge on any atom is -0.481 e. The van der Waals surface area contributed by atoms with E-state index in [-0.39, 0.29) is 78.0 Å². The van der Waals surface area contributed by atoms with Crippen molar-refractivity contribution in [1.82, 2.24) is 10.6 Å². The van der Waals surface area contributed by atoms with Gasteiger partial charge >= 0.3 is 59.8 Å². The molecule has 0 aromatic heterocycles. The van der Waals surface area contributed by atoms with Gasteiger partial charge in [-0.3, -0.25) is 42.7 Å². The van der Waals surface area contributed by atoms with E-state index in [2.05, 4.69) is 27.7 Å². The van der Waals surface area contributed by atoms with Gasteiger partial charge in [-0.25, -0.2) is 14.4 Å². The Morgan fingerprint density at radius 3 is 1.19 bits per heavy atom. The van der Waals surface area contributed by atoms with E-state index in [9.17, 15) is 77.1 Å². The maximum atomic E-state index is 12.4. The van der Waals surface area contributed by atoms with Crippen LogP contribution in [0.15, 0.2) is 24.3 Å². The van der Waals surface area contributed by atoms with Crippen molar-refractivity contribution in [2.75, 3.05) is 24.6 Å². The van der Waals surface area contributed by atoms with Crippen LogP contribution in [0.2, 0.25) is 0 Å². The predicted molar refractivity (Wildman–Crippen MR) is 298 cm³/mol. The summed E-state index contributed by atoms with van der Waals surface area (Å²) in [5.74, 6) is -13.5. The number of hydrogen-bond donors (Lipinski definition) is 13. The van der Waals surface area contributed by atoms with Crippen LogP contribution in [0.1, 0.15) is 183 Å². The smallest absolute Gasteiger partial charge is 0.335 e. The molecule has 462 valence electrons. The molecule has 0 aliphatic carbocycles. The molecule has 0 fully saturated rings. The van der Waals surface area contributed by atoms with Gasteiger partial charge in [-0.2, -0.15) is 0 Å². The molecule has 2 amide bonds. The lowest BCUT2D eigenvalue weighted by Crippen LogP contribution is -2.50. The van der Waals surface area contributed by atoms with Gasteiger partial charge in [0.1, 0.15) is 12.1 Å². The zero-order chi connectivity index (χ0) is 64.0. The summed E-state index contributed by atoms with van der Waals surface area (Å²) < 4.78 is 24.3. The number of aromatic carboxylic acids is 1. The van der Waals surface area contributed by atoms with E-state index in [1.165, 1.54) is 31.2 Å². The second-order valence-electron chi connectivity index (χ2n) is 24.4. The van der Waals surface area contributed by atoms with Crippen molar-refractivity contribution in [3.05, 3.63) is 35.4 Å². The van der Waals surface area contributed by atoms with Crippen LogP contribution in [0, 0.1) is 33.5 Å². The fourth-order valence-electron chi connectivity index (χ4n) is 6.01. The number of carbonyl (C=O) groups is 10. The highest BCUT2D eigenvalue weighted by Gasteiger charge is 2.34. The van der Waals surface area contributed by atoms with Crippen LogP contribution in [0.25, 0.3) is 0 Å². The van der Waals surface area contributed by atoms with E-state index < -0.39 is 117 Å². The molecule has 0 saturated heterocycles. The number of carboxylic acids is 9. The summed E-state index contributed by atoms with van der Waals surface area (Å²) in [4.78, 5) is 128. The predicted octanol–water partition coefficient (Wildman–Crippen LogP) is 9.03. The lowest BCUT2D eigenvalue weighted by Gasteiger charge is -2.23. The third-order valence-corrected chi connectivity index (χ3v) is 14.4. The largest absolute Gasteiger partial charge is 0.481 e. The van der Waals surface area contributed by atoms with Crippen molar-refractivity contribution in [3.63, 3.8) is 0 Å². The average Bonchev–Trinajstić information content (AvgIpc) is 3.25. The monoisotopic (exact) mass is 1190 g/mol. The van der Waals surface area contributed by atoms with Crippen LogP contribution in [0.5, 0.6) is 0 Å². The molecule has 0 radical (unpaired) electrons. The van der Waals surface area contributed by atoms with Crippen molar-refractivity contribution in [1.29, 1.82) is 0 Å². The SMILES string of the molecule is CC(C)(C)C.CC(C)(C)CCC(CCC(=O)O)C(=O)O.CC(C)(C)CCP(=O)(O)CC(C(=O)O)c1ccccc1C(=O)O.CC(C)(C)CCP(=O)(O)CC(CCC(=O)O)C(=O)O.C[C@H](NC(=O)N[C@@H](CCC(=O)O)C(=O)O)C(=O)O. The number of amides is 2. The fraction of sp³-hybridized carbons (Fsp3) is 0.698. The van der Waals surface area contributed by atoms with Gasteiger partial charge in [-0.1, -0.05) is 108 Å². The minimum absolute atomic E-state index is 0.00944. The second kappa shape index (κ2) is 37.2. The molecule has 0 spiro atoms.